The molecule has 0 saturated carbocycles. The van der Waals surface area contributed by atoms with Crippen LogP contribution in [0.5, 0.6) is 5.75 Å². The average molecular weight is 305 g/mol. The molecule has 1 atom stereocenters. The van der Waals surface area contributed by atoms with Gasteiger partial charge in [0.15, 0.2) is 0 Å². The van der Waals surface area contributed by atoms with E-state index in [0.29, 0.717) is 18.7 Å². The third-order valence-electron chi connectivity index (χ3n) is 4.51. The average Bonchev–Trinajstić information content (AvgIpc) is 2.46. The molecule has 1 aliphatic heterocycles. The zero-order valence-electron chi connectivity index (χ0n) is 13.3. The third-order valence-corrected chi connectivity index (χ3v) is 4.51. The Bertz CT molecular complexity index is 568. The molecule has 0 radical (unpaired) electrons. The van der Waals surface area contributed by atoms with Crippen LogP contribution in [-0.4, -0.2) is 42.1 Å². The summed E-state index contributed by atoms with van der Waals surface area (Å²) in [5.74, 6) is -0.664. The van der Waals surface area contributed by atoms with Crippen molar-refractivity contribution in [1.29, 1.82) is 0 Å². The van der Waals surface area contributed by atoms with Crippen LogP contribution in [0.3, 0.4) is 0 Å². The molecule has 1 aromatic rings. The maximum absolute atomic E-state index is 12.4. The number of hydrogen-bond donors (Lipinski definition) is 1. The molecule has 1 heterocycles. The fourth-order valence-corrected chi connectivity index (χ4v) is 2.86. The Morgan fingerprint density at radius 3 is 2.77 bits per heavy atom. The minimum atomic E-state index is -0.830. The van der Waals surface area contributed by atoms with Crippen LogP contribution in [0.1, 0.15) is 25.8 Å². The lowest BCUT2D eigenvalue weighted by Crippen LogP contribution is -2.50. The molecule has 5 nitrogen and oxygen atoms in total. The van der Waals surface area contributed by atoms with E-state index in [1.54, 1.807) is 12.0 Å². The van der Waals surface area contributed by atoms with Crippen molar-refractivity contribution in [3.63, 3.8) is 0 Å². The fourth-order valence-electron chi connectivity index (χ4n) is 2.86. The Morgan fingerprint density at radius 1 is 1.41 bits per heavy atom. The number of likely N-dealkylation sites (tertiary alicyclic amines) is 1. The molecule has 1 aromatic carbocycles. The molecule has 1 fully saturated rings. The quantitative estimate of drug-likeness (QED) is 0.926. The molecular weight excluding hydrogens is 282 g/mol. The van der Waals surface area contributed by atoms with E-state index in [2.05, 4.69) is 0 Å². The first-order chi connectivity index (χ1) is 10.3. The molecule has 0 spiro atoms. The summed E-state index contributed by atoms with van der Waals surface area (Å²) in [4.78, 5) is 25.5. The number of hydrogen-bond acceptors (Lipinski definition) is 3. The Kier molecular flexibility index (Phi) is 4.74. The summed E-state index contributed by atoms with van der Waals surface area (Å²) in [6, 6.07) is 7.39. The van der Waals surface area contributed by atoms with Crippen LogP contribution in [0.4, 0.5) is 0 Å². The van der Waals surface area contributed by atoms with Gasteiger partial charge in [-0.2, -0.15) is 0 Å². The highest BCUT2D eigenvalue weighted by Crippen LogP contribution is 2.36. The first-order valence-electron chi connectivity index (χ1n) is 7.47. The van der Waals surface area contributed by atoms with Crippen LogP contribution in [0.2, 0.25) is 0 Å². The van der Waals surface area contributed by atoms with Gasteiger partial charge in [-0.05, 0) is 29.5 Å². The monoisotopic (exact) mass is 305 g/mol. The Balaban J connectivity index is 2.05. The molecule has 5 heteroatoms. The zero-order chi connectivity index (χ0) is 16.3. The highest BCUT2D eigenvalue weighted by molar-refractivity contribution is 5.80. The van der Waals surface area contributed by atoms with Gasteiger partial charge in [0.2, 0.25) is 5.91 Å². The number of benzene rings is 1. The van der Waals surface area contributed by atoms with E-state index < -0.39 is 11.9 Å². The topological polar surface area (TPSA) is 66.8 Å². The lowest BCUT2D eigenvalue weighted by atomic mass is 9.73. The fraction of sp³-hybridized carbons (Fsp3) is 0.529. The van der Waals surface area contributed by atoms with Gasteiger partial charge >= 0.3 is 5.97 Å². The highest BCUT2D eigenvalue weighted by atomic mass is 16.5. The van der Waals surface area contributed by atoms with Crippen LogP contribution in [0.25, 0.3) is 0 Å². The lowest BCUT2D eigenvalue weighted by molar-refractivity contribution is -0.151. The number of aliphatic carboxylic acids is 1. The molecule has 0 aromatic heterocycles. The van der Waals surface area contributed by atoms with E-state index in [1.807, 2.05) is 38.1 Å². The summed E-state index contributed by atoms with van der Waals surface area (Å²) in [6.07, 6.45) is 0.970. The van der Waals surface area contributed by atoms with Crippen molar-refractivity contribution in [2.75, 3.05) is 20.2 Å². The van der Waals surface area contributed by atoms with E-state index in [4.69, 9.17) is 4.74 Å². The number of carbonyl (C=O) groups is 2. The molecule has 2 rings (SSSR count). The Hall–Kier alpha value is -2.04. The largest absolute Gasteiger partial charge is 0.497 e. The number of rotatable bonds is 4. The number of carbonyl (C=O) groups excluding carboxylic acids is 1. The van der Waals surface area contributed by atoms with Gasteiger partial charge in [0.25, 0.3) is 0 Å². The molecule has 120 valence electrons. The van der Waals surface area contributed by atoms with Crippen LogP contribution in [0, 0.1) is 11.3 Å². The normalized spacial score (nSPS) is 20.5. The van der Waals surface area contributed by atoms with Crippen molar-refractivity contribution in [3.05, 3.63) is 29.8 Å². The third kappa shape index (κ3) is 3.59. The van der Waals surface area contributed by atoms with Gasteiger partial charge in [0, 0.05) is 13.1 Å². The van der Waals surface area contributed by atoms with Gasteiger partial charge in [0.1, 0.15) is 5.75 Å². The predicted molar refractivity (Wildman–Crippen MR) is 82.8 cm³/mol. The molecule has 1 saturated heterocycles. The van der Waals surface area contributed by atoms with Crippen molar-refractivity contribution in [2.45, 2.75) is 26.7 Å². The van der Waals surface area contributed by atoms with Gasteiger partial charge in [-0.3, -0.25) is 9.59 Å². The second-order valence-electron chi connectivity index (χ2n) is 6.50. The molecule has 1 N–H and O–H groups in total. The number of carboxylic acid groups (broad SMARTS) is 1. The number of piperidine rings is 1. The van der Waals surface area contributed by atoms with Crippen molar-refractivity contribution in [1.82, 2.24) is 4.90 Å². The zero-order valence-corrected chi connectivity index (χ0v) is 13.3. The molecule has 1 unspecified atom stereocenters. The smallest absolute Gasteiger partial charge is 0.308 e. The first kappa shape index (κ1) is 16.3. The lowest BCUT2D eigenvalue weighted by Gasteiger charge is -2.41. The van der Waals surface area contributed by atoms with Crippen LogP contribution < -0.4 is 4.74 Å². The summed E-state index contributed by atoms with van der Waals surface area (Å²) in [5.41, 5.74) is 0.597. The Labute approximate surface area is 130 Å². The minimum absolute atomic E-state index is 0.0324. The van der Waals surface area contributed by atoms with Gasteiger partial charge in [-0.15, -0.1) is 0 Å². The maximum atomic E-state index is 12.4. The van der Waals surface area contributed by atoms with Crippen LogP contribution in [0.15, 0.2) is 24.3 Å². The predicted octanol–water partition coefficient (Wildman–Crippen LogP) is 2.20. The molecule has 22 heavy (non-hydrogen) atoms. The van der Waals surface area contributed by atoms with E-state index in [0.717, 1.165) is 5.56 Å². The summed E-state index contributed by atoms with van der Waals surface area (Å²) in [6.45, 7) is 4.80. The number of nitrogens with zero attached hydrogens (tertiary/aromatic N) is 1. The highest BCUT2D eigenvalue weighted by Gasteiger charge is 2.41. The second kappa shape index (κ2) is 6.38. The van der Waals surface area contributed by atoms with E-state index in [-0.39, 0.29) is 24.3 Å². The molecular formula is C17H23NO4. The number of ether oxygens (including phenoxy) is 1. The molecule has 0 bridgehead atoms. The number of methoxy groups -OCH3 is 1. The van der Waals surface area contributed by atoms with Crippen LogP contribution in [-0.2, 0) is 16.0 Å². The van der Waals surface area contributed by atoms with Crippen molar-refractivity contribution in [2.24, 2.45) is 11.3 Å². The second-order valence-corrected chi connectivity index (χ2v) is 6.50. The summed E-state index contributed by atoms with van der Waals surface area (Å²) < 4.78 is 5.16. The SMILES string of the molecule is COc1cccc(CC(=O)N2CCC(C)(C)C(C(=O)O)C2)c1. The Morgan fingerprint density at radius 2 is 2.14 bits per heavy atom. The number of amides is 1. The van der Waals surface area contributed by atoms with Gasteiger partial charge < -0.3 is 14.7 Å². The van der Waals surface area contributed by atoms with Gasteiger partial charge in [0.05, 0.1) is 19.4 Å². The minimum Gasteiger partial charge on any atom is -0.497 e. The van der Waals surface area contributed by atoms with E-state index >= 15 is 0 Å². The van der Waals surface area contributed by atoms with Gasteiger partial charge in [-0.25, -0.2) is 0 Å². The summed E-state index contributed by atoms with van der Waals surface area (Å²) in [7, 11) is 1.59. The summed E-state index contributed by atoms with van der Waals surface area (Å²) >= 11 is 0. The first-order valence-corrected chi connectivity index (χ1v) is 7.47. The van der Waals surface area contributed by atoms with E-state index in [9.17, 15) is 14.7 Å². The maximum Gasteiger partial charge on any atom is 0.308 e. The molecule has 1 aliphatic rings. The van der Waals surface area contributed by atoms with Crippen molar-refractivity contribution >= 4 is 11.9 Å². The van der Waals surface area contributed by atoms with Crippen molar-refractivity contribution < 1.29 is 19.4 Å². The van der Waals surface area contributed by atoms with Crippen molar-refractivity contribution in [3.8, 4) is 5.75 Å². The van der Waals surface area contributed by atoms with E-state index in [1.165, 1.54) is 0 Å². The van der Waals surface area contributed by atoms with Crippen LogP contribution >= 0.6 is 0 Å². The standard InChI is InChI=1S/C17H23NO4/c1-17(2)7-8-18(11-14(17)16(20)21)15(19)10-12-5-4-6-13(9-12)22-3/h4-6,9,14H,7-8,10-11H2,1-3H3,(H,20,21). The molecule has 1 amide bonds. The summed E-state index contributed by atoms with van der Waals surface area (Å²) in [5, 5.41) is 9.38. The molecule has 0 aliphatic carbocycles. The number of carboxylic acids is 1. The van der Waals surface area contributed by atoms with Gasteiger partial charge in [-0.1, -0.05) is 26.0 Å².